The van der Waals surface area contributed by atoms with Gasteiger partial charge in [-0.15, -0.1) is 0 Å². The molecule has 1 amide bonds. The molecule has 26 heavy (non-hydrogen) atoms. The number of carbonyl (C=O) groups is 1. The zero-order valence-electron chi connectivity index (χ0n) is 14.5. The summed E-state index contributed by atoms with van der Waals surface area (Å²) in [6.45, 7) is 0.632. The number of hydrogen-bond donors (Lipinski definition) is 2. The molecule has 4 rings (SSSR count). The van der Waals surface area contributed by atoms with Crippen LogP contribution < -0.4 is 15.4 Å². The number of nitrogens with zero attached hydrogens (tertiary/aromatic N) is 1. The van der Waals surface area contributed by atoms with Crippen molar-refractivity contribution < 1.29 is 9.53 Å². The third-order valence-electron chi connectivity index (χ3n) is 4.43. The summed E-state index contributed by atoms with van der Waals surface area (Å²) >= 11 is 0. The Labute approximate surface area is 152 Å². The average Bonchev–Trinajstić information content (AvgIpc) is 3.19. The third-order valence-corrected chi connectivity index (χ3v) is 4.43. The summed E-state index contributed by atoms with van der Waals surface area (Å²) in [6, 6.07) is 17.5. The third kappa shape index (κ3) is 2.99. The van der Waals surface area contributed by atoms with Crippen molar-refractivity contribution in [1.82, 2.24) is 10.3 Å². The van der Waals surface area contributed by atoms with Crippen molar-refractivity contribution in [2.24, 2.45) is 0 Å². The Morgan fingerprint density at radius 2 is 1.96 bits per heavy atom. The molecule has 0 atom stereocenters. The fourth-order valence-corrected chi connectivity index (χ4v) is 3.16. The van der Waals surface area contributed by atoms with Crippen LogP contribution in [0, 0.1) is 0 Å². The smallest absolute Gasteiger partial charge is 0.251 e. The van der Waals surface area contributed by atoms with Gasteiger partial charge in [-0.2, -0.15) is 0 Å². The summed E-state index contributed by atoms with van der Waals surface area (Å²) < 4.78 is 5.86. The number of rotatable bonds is 4. The second kappa shape index (κ2) is 6.88. The normalized spacial score (nSPS) is 12.2. The van der Waals surface area contributed by atoms with E-state index in [9.17, 15) is 4.79 Å². The lowest BCUT2D eigenvalue weighted by atomic mass is 9.98. The van der Waals surface area contributed by atoms with Crippen LogP contribution in [0.1, 0.15) is 15.9 Å². The fourth-order valence-electron chi connectivity index (χ4n) is 3.16. The molecule has 1 aliphatic rings. The fraction of sp³-hybridized carbons (Fsp3) is 0.143. The largest absolute Gasteiger partial charge is 0.489 e. The highest BCUT2D eigenvalue weighted by molar-refractivity contribution is 5.95. The van der Waals surface area contributed by atoms with Gasteiger partial charge in [0.25, 0.3) is 5.91 Å². The van der Waals surface area contributed by atoms with Crippen LogP contribution in [0.4, 0.5) is 11.5 Å². The van der Waals surface area contributed by atoms with Crippen LogP contribution in [-0.4, -0.2) is 24.5 Å². The molecule has 0 unspecified atom stereocenters. The van der Waals surface area contributed by atoms with E-state index in [1.54, 1.807) is 13.1 Å². The number of ether oxygens (including phenoxy) is 1. The van der Waals surface area contributed by atoms with Crippen LogP contribution in [-0.2, 0) is 6.42 Å². The van der Waals surface area contributed by atoms with E-state index >= 15 is 0 Å². The topological polar surface area (TPSA) is 63.2 Å². The SMILES string of the molecule is CNC(=O)c1cccc(-c2cnc(Nc3ccccc3)c3c2CCO3)c1. The number of hydrogen-bond acceptors (Lipinski definition) is 4. The Morgan fingerprint density at radius 3 is 2.77 bits per heavy atom. The van der Waals surface area contributed by atoms with Gasteiger partial charge in [0.2, 0.25) is 0 Å². The van der Waals surface area contributed by atoms with E-state index in [4.69, 9.17) is 4.74 Å². The van der Waals surface area contributed by atoms with E-state index in [1.165, 1.54) is 0 Å². The van der Waals surface area contributed by atoms with E-state index < -0.39 is 0 Å². The summed E-state index contributed by atoms with van der Waals surface area (Å²) in [4.78, 5) is 16.5. The second-order valence-electron chi connectivity index (χ2n) is 6.08. The summed E-state index contributed by atoms with van der Waals surface area (Å²) in [5.74, 6) is 1.40. The molecule has 0 fully saturated rings. The maximum atomic E-state index is 11.9. The van der Waals surface area contributed by atoms with Gasteiger partial charge in [0.1, 0.15) is 0 Å². The number of nitrogens with one attached hydrogen (secondary N) is 2. The zero-order chi connectivity index (χ0) is 17.9. The number of amides is 1. The van der Waals surface area contributed by atoms with Crippen molar-refractivity contribution in [3.05, 3.63) is 71.9 Å². The first-order valence-corrected chi connectivity index (χ1v) is 8.55. The standard InChI is InChI=1S/C21H19N3O2/c1-22-21(25)15-7-5-6-14(12-15)18-13-23-20(19-17(18)10-11-26-19)24-16-8-3-2-4-9-16/h2-9,12-13H,10-11H2,1H3,(H,22,25)(H,23,24). The van der Waals surface area contributed by atoms with Crippen LogP contribution in [0.5, 0.6) is 5.75 Å². The minimum atomic E-state index is -0.102. The van der Waals surface area contributed by atoms with Gasteiger partial charge in [0.05, 0.1) is 6.61 Å². The van der Waals surface area contributed by atoms with E-state index in [2.05, 4.69) is 15.6 Å². The van der Waals surface area contributed by atoms with Gasteiger partial charge in [-0.25, -0.2) is 4.98 Å². The summed E-state index contributed by atoms with van der Waals surface area (Å²) in [7, 11) is 1.63. The highest BCUT2D eigenvalue weighted by atomic mass is 16.5. The lowest BCUT2D eigenvalue weighted by molar-refractivity contribution is 0.0963. The van der Waals surface area contributed by atoms with Crippen LogP contribution in [0.3, 0.4) is 0 Å². The Bertz CT molecular complexity index is 955. The van der Waals surface area contributed by atoms with Crippen molar-refractivity contribution in [1.29, 1.82) is 0 Å². The lowest BCUT2D eigenvalue weighted by Gasteiger charge is -2.13. The first-order chi connectivity index (χ1) is 12.8. The highest BCUT2D eigenvalue weighted by Crippen LogP contribution is 2.40. The Kier molecular flexibility index (Phi) is 4.27. The van der Waals surface area contributed by atoms with Crippen molar-refractivity contribution in [2.75, 3.05) is 19.0 Å². The van der Waals surface area contributed by atoms with E-state index in [1.807, 2.05) is 54.7 Å². The Hall–Kier alpha value is -3.34. The minimum Gasteiger partial charge on any atom is -0.489 e. The van der Waals surface area contributed by atoms with Crippen molar-refractivity contribution in [3.8, 4) is 16.9 Å². The maximum absolute atomic E-state index is 11.9. The van der Waals surface area contributed by atoms with Gasteiger partial charge in [0, 0.05) is 42.0 Å². The van der Waals surface area contributed by atoms with Gasteiger partial charge < -0.3 is 15.4 Å². The predicted molar refractivity (Wildman–Crippen MR) is 102 cm³/mol. The summed E-state index contributed by atoms with van der Waals surface area (Å²) in [5.41, 5.74) is 4.68. The lowest BCUT2D eigenvalue weighted by Crippen LogP contribution is -2.17. The number of benzene rings is 2. The Morgan fingerprint density at radius 1 is 1.12 bits per heavy atom. The summed E-state index contributed by atoms with van der Waals surface area (Å²) in [5, 5.41) is 5.98. The van der Waals surface area contributed by atoms with Gasteiger partial charge in [-0.1, -0.05) is 30.3 Å². The molecule has 2 heterocycles. The van der Waals surface area contributed by atoms with Gasteiger partial charge in [-0.05, 0) is 29.8 Å². The summed E-state index contributed by atoms with van der Waals surface area (Å²) in [6.07, 6.45) is 2.67. The molecule has 0 bridgehead atoms. The molecule has 5 nitrogen and oxygen atoms in total. The molecule has 0 spiro atoms. The zero-order valence-corrected chi connectivity index (χ0v) is 14.5. The first kappa shape index (κ1) is 16.1. The minimum absolute atomic E-state index is 0.102. The first-order valence-electron chi connectivity index (χ1n) is 8.55. The van der Waals surface area contributed by atoms with Gasteiger partial charge >= 0.3 is 0 Å². The highest BCUT2D eigenvalue weighted by Gasteiger charge is 2.22. The predicted octanol–water partition coefficient (Wildman–Crippen LogP) is 3.79. The number of pyridine rings is 1. The Balaban J connectivity index is 1.73. The van der Waals surface area contributed by atoms with E-state index in [0.29, 0.717) is 12.2 Å². The molecule has 1 aliphatic heterocycles. The average molecular weight is 345 g/mol. The number of aromatic nitrogens is 1. The van der Waals surface area contributed by atoms with Crippen molar-refractivity contribution in [3.63, 3.8) is 0 Å². The number of fused-ring (bicyclic) bond motifs is 1. The number of carbonyl (C=O) groups excluding carboxylic acids is 1. The molecule has 2 aromatic carbocycles. The number of para-hydroxylation sites is 1. The molecule has 5 heteroatoms. The van der Waals surface area contributed by atoms with Crippen LogP contribution >= 0.6 is 0 Å². The van der Waals surface area contributed by atoms with E-state index in [0.717, 1.165) is 40.4 Å². The van der Waals surface area contributed by atoms with Crippen LogP contribution in [0.2, 0.25) is 0 Å². The molecule has 0 aliphatic carbocycles. The number of anilines is 2. The molecule has 0 saturated heterocycles. The van der Waals surface area contributed by atoms with Gasteiger partial charge in [0.15, 0.2) is 11.6 Å². The quantitative estimate of drug-likeness (QED) is 0.755. The van der Waals surface area contributed by atoms with Crippen LogP contribution in [0.15, 0.2) is 60.8 Å². The van der Waals surface area contributed by atoms with Crippen molar-refractivity contribution >= 4 is 17.4 Å². The van der Waals surface area contributed by atoms with Crippen LogP contribution in [0.25, 0.3) is 11.1 Å². The maximum Gasteiger partial charge on any atom is 0.251 e. The second-order valence-corrected chi connectivity index (χ2v) is 6.08. The van der Waals surface area contributed by atoms with E-state index in [-0.39, 0.29) is 5.91 Å². The molecular weight excluding hydrogens is 326 g/mol. The molecule has 1 aromatic heterocycles. The molecule has 0 saturated carbocycles. The molecule has 2 N–H and O–H groups in total. The van der Waals surface area contributed by atoms with Crippen molar-refractivity contribution in [2.45, 2.75) is 6.42 Å². The molecular formula is C21H19N3O2. The monoisotopic (exact) mass is 345 g/mol. The molecule has 0 radical (unpaired) electrons. The molecule has 130 valence electrons. The van der Waals surface area contributed by atoms with Gasteiger partial charge in [-0.3, -0.25) is 4.79 Å². The molecule has 3 aromatic rings.